The highest BCUT2D eigenvalue weighted by Crippen LogP contribution is 2.33. The van der Waals surface area contributed by atoms with Crippen LogP contribution in [0.25, 0.3) is 0 Å². The van der Waals surface area contributed by atoms with Crippen molar-refractivity contribution in [3.8, 4) is 0 Å². The average Bonchev–Trinajstić information content (AvgIpc) is 2.25. The Hall–Kier alpha value is -1.20. The third-order valence-corrected chi connectivity index (χ3v) is 3.87. The van der Waals surface area contributed by atoms with E-state index in [-0.39, 0.29) is 12.2 Å². The molecule has 106 valence electrons. The molecule has 1 atom stereocenters. The van der Waals surface area contributed by atoms with Crippen LogP contribution < -0.4 is 0 Å². The molecule has 0 saturated carbocycles. The molecular formula is C14H21FO3Si. The van der Waals surface area contributed by atoms with Gasteiger partial charge in [0.25, 0.3) is 0 Å². The van der Waals surface area contributed by atoms with Crippen LogP contribution in [0.5, 0.6) is 0 Å². The summed E-state index contributed by atoms with van der Waals surface area (Å²) in [7, 11) is -1.85. The van der Waals surface area contributed by atoms with Gasteiger partial charge in [-0.25, -0.2) is 4.39 Å². The van der Waals surface area contributed by atoms with E-state index in [0.717, 1.165) is 5.56 Å². The predicted molar refractivity (Wildman–Crippen MR) is 75.1 cm³/mol. The number of carboxylic acids is 1. The molecule has 1 aromatic carbocycles. The topological polar surface area (TPSA) is 46.5 Å². The Kier molecular flexibility index (Phi) is 4.87. The summed E-state index contributed by atoms with van der Waals surface area (Å²) >= 11 is 0. The van der Waals surface area contributed by atoms with E-state index in [1.165, 1.54) is 12.1 Å². The summed E-state index contributed by atoms with van der Waals surface area (Å²) in [5.74, 6) is -1.16. The van der Waals surface area contributed by atoms with Crippen LogP contribution in [-0.4, -0.2) is 19.4 Å². The maximum atomic E-state index is 13.0. The molecule has 1 rings (SSSR count). The number of carbonyl (C=O) groups is 1. The van der Waals surface area contributed by atoms with Crippen LogP contribution in [0.1, 0.15) is 25.3 Å². The van der Waals surface area contributed by atoms with E-state index in [1.807, 2.05) is 6.92 Å². The van der Waals surface area contributed by atoms with Gasteiger partial charge in [0.05, 0.1) is 5.60 Å². The maximum absolute atomic E-state index is 13.0. The summed E-state index contributed by atoms with van der Waals surface area (Å²) in [5.41, 5.74) is 0.133. The highest BCUT2D eigenvalue weighted by atomic mass is 28.4. The van der Waals surface area contributed by atoms with Crippen molar-refractivity contribution >= 4 is 14.3 Å². The van der Waals surface area contributed by atoms with Crippen molar-refractivity contribution < 1.29 is 18.7 Å². The lowest BCUT2D eigenvalue weighted by molar-refractivity contribution is -0.138. The van der Waals surface area contributed by atoms with Crippen LogP contribution in [0.4, 0.5) is 4.39 Å². The summed E-state index contributed by atoms with van der Waals surface area (Å²) < 4.78 is 19.2. The number of halogens is 1. The summed E-state index contributed by atoms with van der Waals surface area (Å²) in [6.07, 6.45) is 0.399. The molecule has 1 unspecified atom stereocenters. The van der Waals surface area contributed by atoms with Crippen molar-refractivity contribution in [2.24, 2.45) is 0 Å². The number of hydrogen-bond donors (Lipinski definition) is 1. The third-order valence-electron chi connectivity index (χ3n) is 2.80. The quantitative estimate of drug-likeness (QED) is 0.809. The summed E-state index contributed by atoms with van der Waals surface area (Å²) in [6, 6.07) is 6.08. The zero-order chi connectivity index (χ0) is 14.7. The Bertz CT molecular complexity index is 439. The molecule has 19 heavy (non-hydrogen) atoms. The highest BCUT2D eigenvalue weighted by Gasteiger charge is 2.33. The van der Waals surface area contributed by atoms with Gasteiger partial charge >= 0.3 is 5.97 Å². The monoisotopic (exact) mass is 284 g/mol. The van der Waals surface area contributed by atoms with Crippen molar-refractivity contribution in [1.29, 1.82) is 0 Å². The molecule has 0 aliphatic heterocycles. The Morgan fingerprint density at radius 2 is 1.84 bits per heavy atom. The molecule has 0 aromatic heterocycles. The second-order valence-corrected chi connectivity index (χ2v) is 10.3. The SMILES string of the molecule is CC(CCC(=O)O)(O[Si](C)(C)C)c1ccc(F)cc1. The van der Waals surface area contributed by atoms with E-state index >= 15 is 0 Å². The minimum Gasteiger partial charge on any atom is -0.481 e. The molecule has 0 saturated heterocycles. The lowest BCUT2D eigenvalue weighted by Gasteiger charge is -2.36. The second-order valence-electron chi connectivity index (χ2n) is 5.85. The van der Waals surface area contributed by atoms with E-state index in [1.54, 1.807) is 12.1 Å². The minimum absolute atomic E-state index is 0.0261. The molecular weight excluding hydrogens is 263 g/mol. The van der Waals surface area contributed by atoms with Crippen LogP contribution in [0.15, 0.2) is 24.3 Å². The maximum Gasteiger partial charge on any atom is 0.303 e. The first-order valence-electron chi connectivity index (χ1n) is 6.30. The molecule has 1 N–H and O–H groups in total. The predicted octanol–water partition coefficient (Wildman–Crippen LogP) is 3.76. The van der Waals surface area contributed by atoms with Gasteiger partial charge in [-0.3, -0.25) is 4.79 Å². The molecule has 0 spiro atoms. The molecule has 0 bridgehead atoms. The van der Waals surface area contributed by atoms with Gasteiger partial charge < -0.3 is 9.53 Å². The van der Waals surface area contributed by atoms with Crippen LogP contribution in [0, 0.1) is 5.82 Å². The van der Waals surface area contributed by atoms with Crippen molar-refractivity contribution in [2.45, 2.75) is 45.0 Å². The van der Waals surface area contributed by atoms with Crippen LogP contribution >= 0.6 is 0 Å². The fraction of sp³-hybridized carbons (Fsp3) is 0.500. The average molecular weight is 284 g/mol. The van der Waals surface area contributed by atoms with Gasteiger partial charge in [0.15, 0.2) is 8.32 Å². The molecule has 0 aliphatic rings. The molecule has 0 amide bonds. The Morgan fingerprint density at radius 1 is 1.32 bits per heavy atom. The second kappa shape index (κ2) is 5.84. The van der Waals surface area contributed by atoms with E-state index in [0.29, 0.717) is 6.42 Å². The van der Waals surface area contributed by atoms with E-state index in [4.69, 9.17) is 9.53 Å². The van der Waals surface area contributed by atoms with Crippen molar-refractivity contribution in [2.75, 3.05) is 0 Å². The van der Waals surface area contributed by atoms with Crippen molar-refractivity contribution in [3.05, 3.63) is 35.6 Å². The van der Waals surface area contributed by atoms with Gasteiger partial charge in [0, 0.05) is 6.42 Å². The Balaban J connectivity index is 3.03. The van der Waals surface area contributed by atoms with Crippen molar-refractivity contribution in [1.82, 2.24) is 0 Å². The Labute approximate surface area is 114 Å². The lowest BCUT2D eigenvalue weighted by atomic mass is 9.91. The van der Waals surface area contributed by atoms with E-state index in [9.17, 15) is 9.18 Å². The van der Waals surface area contributed by atoms with Crippen LogP contribution in [0.3, 0.4) is 0 Å². The van der Waals surface area contributed by atoms with Gasteiger partial charge in [0.1, 0.15) is 5.82 Å². The summed E-state index contributed by atoms with van der Waals surface area (Å²) in [4.78, 5) is 10.8. The number of rotatable bonds is 6. The highest BCUT2D eigenvalue weighted by molar-refractivity contribution is 6.69. The fourth-order valence-electron chi connectivity index (χ4n) is 2.08. The molecule has 1 aromatic rings. The van der Waals surface area contributed by atoms with E-state index < -0.39 is 19.9 Å². The zero-order valence-electron chi connectivity index (χ0n) is 11.9. The van der Waals surface area contributed by atoms with Gasteiger partial charge in [-0.1, -0.05) is 12.1 Å². The Morgan fingerprint density at radius 3 is 2.26 bits per heavy atom. The normalized spacial score (nSPS) is 15.0. The number of benzene rings is 1. The molecule has 5 heteroatoms. The van der Waals surface area contributed by atoms with Gasteiger partial charge in [0.2, 0.25) is 0 Å². The van der Waals surface area contributed by atoms with Gasteiger partial charge in [-0.05, 0) is 50.7 Å². The minimum atomic E-state index is -1.85. The number of aliphatic carboxylic acids is 1. The molecule has 3 nitrogen and oxygen atoms in total. The molecule has 0 fully saturated rings. The summed E-state index contributed by atoms with van der Waals surface area (Å²) in [6.45, 7) is 8.03. The largest absolute Gasteiger partial charge is 0.481 e. The smallest absolute Gasteiger partial charge is 0.303 e. The lowest BCUT2D eigenvalue weighted by Crippen LogP contribution is -2.39. The molecule has 0 aliphatic carbocycles. The van der Waals surface area contributed by atoms with Gasteiger partial charge in [-0.15, -0.1) is 0 Å². The first-order chi connectivity index (χ1) is 8.62. The molecule has 0 radical (unpaired) electrons. The molecule has 0 heterocycles. The first-order valence-corrected chi connectivity index (χ1v) is 9.71. The van der Waals surface area contributed by atoms with E-state index in [2.05, 4.69) is 19.6 Å². The fourth-order valence-corrected chi connectivity index (χ4v) is 3.65. The van der Waals surface area contributed by atoms with Gasteiger partial charge in [-0.2, -0.15) is 0 Å². The van der Waals surface area contributed by atoms with Crippen LogP contribution in [0.2, 0.25) is 19.6 Å². The zero-order valence-corrected chi connectivity index (χ0v) is 12.9. The summed E-state index contributed by atoms with van der Waals surface area (Å²) in [5, 5.41) is 8.86. The first kappa shape index (κ1) is 15.9. The third kappa shape index (κ3) is 5.12. The number of carboxylic acid groups (broad SMARTS) is 1. The standard InChI is InChI=1S/C14H21FO3Si/c1-14(10-9-13(16)17,18-19(2,3)4)11-5-7-12(15)8-6-11/h5-8H,9-10H2,1-4H3,(H,16,17). The number of hydrogen-bond acceptors (Lipinski definition) is 2. The van der Waals surface area contributed by atoms with Crippen LogP contribution in [-0.2, 0) is 14.8 Å². The van der Waals surface area contributed by atoms with Crippen molar-refractivity contribution in [3.63, 3.8) is 0 Å².